The largest absolute Gasteiger partial charge is 0.871 e. The van der Waals surface area contributed by atoms with Crippen molar-refractivity contribution in [2.75, 3.05) is 10.2 Å². The zero-order chi connectivity index (χ0) is 60.9. The Labute approximate surface area is 518 Å². The Morgan fingerprint density at radius 3 is 1.24 bits per heavy atom. The van der Waals surface area contributed by atoms with Crippen molar-refractivity contribution in [3.8, 4) is 44.5 Å². The van der Waals surface area contributed by atoms with Crippen molar-refractivity contribution in [3.63, 3.8) is 0 Å². The number of hydrogen-bond donors (Lipinski definition) is 2. The number of hydrogen-bond acceptors (Lipinski definition) is 5. The van der Waals surface area contributed by atoms with Gasteiger partial charge in [0.05, 0.1) is 11.4 Å². The van der Waals surface area contributed by atoms with Crippen LogP contribution in [0.4, 0.5) is 34.1 Å². The molecule has 0 saturated heterocycles. The van der Waals surface area contributed by atoms with Crippen LogP contribution >= 0.6 is 0 Å². The number of anilines is 4. The third-order valence-electron chi connectivity index (χ3n) is 17.0. The number of ketones is 1. The van der Waals surface area contributed by atoms with Crippen LogP contribution in [0.25, 0.3) is 50.1 Å². The van der Waals surface area contributed by atoms with Crippen molar-refractivity contribution in [2.45, 2.75) is 79.1 Å². The third-order valence-corrected chi connectivity index (χ3v) is 17.0. The quantitative estimate of drug-likeness (QED) is 0.0520. The first-order valence-electron chi connectivity index (χ1n) is 31.1. The van der Waals surface area contributed by atoms with Crippen LogP contribution in [-0.4, -0.2) is 23.3 Å². The van der Waals surface area contributed by atoms with Gasteiger partial charge in [0.2, 0.25) is 28.9 Å². The van der Waals surface area contributed by atoms with Crippen LogP contribution in [0.1, 0.15) is 84.6 Å². The highest BCUT2D eigenvalue weighted by Gasteiger charge is 2.36. The summed E-state index contributed by atoms with van der Waals surface area (Å²) in [5.41, 5.74) is 14.9. The lowest BCUT2D eigenvalue weighted by Crippen LogP contribution is -2.36. The van der Waals surface area contributed by atoms with Crippen LogP contribution in [0, 0.1) is 11.8 Å². The summed E-state index contributed by atoms with van der Waals surface area (Å²) in [5, 5.41) is 21.8. The first-order valence-corrected chi connectivity index (χ1v) is 31.1. The van der Waals surface area contributed by atoms with Gasteiger partial charge in [0.1, 0.15) is 0 Å². The van der Waals surface area contributed by atoms with E-state index in [2.05, 4.69) is 180 Å². The predicted octanol–water partition coefficient (Wildman–Crippen LogP) is 18.7. The van der Waals surface area contributed by atoms with E-state index in [9.17, 15) is 9.59 Å². The van der Waals surface area contributed by atoms with Gasteiger partial charge in [-0.15, -0.1) is 0 Å². The second kappa shape index (κ2) is 27.9. The van der Waals surface area contributed by atoms with E-state index in [1.54, 1.807) is 12.1 Å². The molecule has 2 aliphatic rings. The second-order valence-corrected chi connectivity index (χ2v) is 22.7. The second-order valence-electron chi connectivity index (χ2n) is 22.7. The number of carbonyl (C=O) groups is 3. The molecule has 2 atom stereocenters. The molecule has 0 saturated carbocycles. The van der Waals surface area contributed by atoms with Gasteiger partial charge >= 0.3 is 0 Å². The molecule has 0 aliphatic heterocycles. The molecule has 9 aromatic carbocycles. The van der Waals surface area contributed by atoms with E-state index in [4.69, 9.17) is 0 Å². The maximum Gasteiger partial charge on any atom is 0.227 e. The standard InChI is InChI=1S/C80H74N4O4/c1-5-9-23-55(7-3)79(87)81-73-53-69(83(65-41-33-61(34-42-65)57-25-15-11-16-26-57)66-43-35-62(36-44-66)58-27-17-12-18-28-58)49-51-71(73)75-77(85)76(78(75)86)72-52-50-70(54-74(72)82-80(88)56(8-4)24-10-6-2)84(67-45-37-63(38-46-67)59-29-19-13-20-30-59)68-47-39-64(40-48-68)60-31-21-14-22-32-60/h11-22,25-56H,5-10,23-24H2,1-4H3,(H2,81,82,85,86,87,88). The molecule has 11 rings (SSSR count). The Bertz CT molecular complexity index is 3920. The number of nitrogens with zero attached hydrogens (tertiary/aromatic N) is 2. The number of nitrogens with one attached hydrogen (secondary N) is 2. The van der Waals surface area contributed by atoms with Gasteiger partial charge in [0.15, 0.2) is 5.78 Å². The Hall–Kier alpha value is -10.2. The number of carbonyl (C=O) groups excluding carboxylic acids is 3. The normalized spacial score (nSPS) is 14.4. The minimum absolute atomic E-state index is 0.0289. The van der Waals surface area contributed by atoms with Gasteiger partial charge in [-0.25, -0.2) is 0 Å². The average molecular weight is 1160 g/mol. The molecular weight excluding hydrogens is 1080 g/mol. The first-order chi connectivity index (χ1) is 43.1. The van der Waals surface area contributed by atoms with E-state index in [0.29, 0.717) is 59.6 Å². The summed E-state index contributed by atoms with van der Waals surface area (Å²) in [5.74, 6) is -1.87. The van der Waals surface area contributed by atoms with E-state index < -0.39 is 11.5 Å². The maximum atomic E-state index is 15.3. The number of Topliss-reactive ketones (excluding diaryl/α,β-unsaturated/α-hetero) is 1. The molecule has 0 bridgehead atoms. The van der Waals surface area contributed by atoms with Crippen LogP contribution in [-0.2, 0) is 14.4 Å². The van der Waals surface area contributed by atoms with Gasteiger partial charge in [-0.05, 0) is 137 Å². The SMILES string of the molecule is CCCCC(CC)C(=O)NC1=CC(=[N+](c2ccc(-c3ccccc3)cc2)c2ccc(-c3ccccc3)cc2)C=CC1=C1C(=O)C(c2ccc(N(c3ccc(-c4ccccc4)cc3)c3ccc(-c4ccccc4)cc3)cc2NC(=O)C(CC)CCCC)=C1[O-]. The predicted molar refractivity (Wildman–Crippen MR) is 362 cm³/mol. The molecule has 2 amide bonds. The smallest absolute Gasteiger partial charge is 0.227 e. The monoisotopic (exact) mass is 1150 g/mol. The molecule has 2 aliphatic carbocycles. The lowest BCUT2D eigenvalue weighted by Gasteiger charge is -2.35. The Morgan fingerprint density at radius 2 is 0.841 bits per heavy atom. The molecule has 0 spiro atoms. The molecule has 0 fully saturated rings. The summed E-state index contributed by atoms with van der Waals surface area (Å²) in [4.78, 5) is 46.5. The van der Waals surface area contributed by atoms with E-state index in [1.807, 2.05) is 111 Å². The number of allylic oxidation sites excluding steroid dienone is 5. The van der Waals surface area contributed by atoms with Crippen molar-refractivity contribution in [2.24, 2.45) is 11.8 Å². The minimum Gasteiger partial charge on any atom is -0.871 e. The Kier molecular flexibility index (Phi) is 18.9. The summed E-state index contributed by atoms with van der Waals surface area (Å²) >= 11 is 0. The highest BCUT2D eigenvalue weighted by atomic mass is 16.3. The molecule has 438 valence electrons. The van der Waals surface area contributed by atoms with Gasteiger partial charge in [-0.2, -0.15) is 4.58 Å². The summed E-state index contributed by atoms with van der Waals surface area (Å²) in [6, 6.07) is 80.1. The van der Waals surface area contributed by atoms with E-state index in [0.717, 1.165) is 92.9 Å². The molecule has 0 heterocycles. The molecular formula is C80H74N4O4. The number of benzene rings is 9. The average Bonchev–Trinajstić information content (AvgIpc) is 0.914. The molecule has 0 aromatic heterocycles. The lowest BCUT2D eigenvalue weighted by molar-refractivity contribution is -0.297. The van der Waals surface area contributed by atoms with Crippen molar-refractivity contribution in [3.05, 3.63) is 283 Å². The van der Waals surface area contributed by atoms with Gasteiger partial charge < -0.3 is 20.6 Å². The summed E-state index contributed by atoms with van der Waals surface area (Å²) in [7, 11) is 0. The fourth-order valence-corrected chi connectivity index (χ4v) is 11.9. The van der Waals surface area contributed by atoms with E-state index in [1.165, 1.54) is 0 Å². The van der Waals surface area contributed by atoms with Gasteiger partial charge in [-0.3, -0.25) is 14.4 Å². The highest BCUT2D eigenvalue weighted by molar-refractivity contribution is 6.40. The Balaban J connectivity index is 1.04. The van der Waals surface area contributed by atoms with Crippen molar-refractivity contribution in [1.82, 2.24) is 9.89 Å². The molecule has 0 radical (unpaired) electrons. The molecule has 88 heavy (non-hydrogen) atoms. The number of rotatable bonds is 22. The fraction of sp³-hybridized carbons (Fsp3) is 0.175. The summed E-state index contributed by atoms with van der Waals surface area (Å²) in [6.07, 6.45) is 11.9. The van der Waals surface area contributed by atoms with Crippen LogP contribution in [0.2, 0.25) is 0 Å². The summed E-state index contributed by atoms with van der Waals surface area (Å²) < 4.78 is 2.13. The molecule has 9 aromatic rings. The van der Waals surface area contributed by atoms with Gasteiger partial charge in [0.25, 0.3) is 0 Å². The zero-order valence-corrected chi connectivity index (χ0v) is 50.6. The van der Waals surface area contributed by atoms with Gasteiger partial charge in [0, 0.05) is 87.6 Å². The number of unbranched alkanes of at least 4 members (excludes halogenated alkanes) is 2. The molecule has 8 nitrogen and oxygen atoms in total. The van der Waals surface area contributed by atoms with Crippen molar-refractivity contribution >= 4 is 63.0 Å². The van der Waals surface area contributed by atoms with Crippen LogP contribution in [0.15, 0.2) is 277 Å². The van der Waals surface area contributed by atoms with Crippen LogP contribution in [0.5, 0.6) is 0 Å². The Morgan fingerprint density at radius 1 is 0.455 bits per heavy atom. The first kappa shape index (κ1) is 59.5. The zero-order valence-electron chi connectivity index (χ0n) is 50.6. The van der Waals surface area contributed by atoms with Gasteiger partial charge in [-0.1, -0.05) is 211 Å². The molecule has 2 unspecified atom stereocenters. The lowest BCUT2D eigenvalue weighted by atomic mass is 9.78. The minimum atomic E-state index is -0.470. The molecule has 2 N–H and O–H groups in total. The number of amides is 2. The maximum absolute atomic E-state index is 15.3. The van der Waals surface area contributed by atoms with E-state index in [-0.39, 0.29) is 34.8 Å². The molecule has 8 heteroatoms. The summed E-state index contributed by atoms with van der Waals surface area (Å²) in [6.45, 7) is 8.26. The van der Waals surface area contributed by atoms with Crippen LogP contribution < -0.4 is 25.2 Å². The fourth-order valence-electron chi connectivity index (χ4n) is 11.9. The highest BCUT2D eigenvalue weighted by Crippen LogP contribution is 2.45. The van der Waals surface area contributed by atoms with E-state index >= 15 is 9.90 Å². The topological polar surface area (TPSA) is 105 Å². The van der Waals surface area contributed by atoms with Crippen LogP contribution in [0.3, 0.4) is 0 Å². The van der Waals surface area contributed by atoms with Crippen molar-refractivity contribution in [1.29, 1.82) is 0 Å². The van der Waals surface area contributed by atoms with Crippen molar-refractivity contribution < 1.29 is 19.5 Å². The third kappa shape index (κ3) is 13.1.